The predicted molar refractivity (Wildman–Crippen MR) is 66.5 cm³/mol. The Hall–Kier alpha value is -1.47. The largest absolute Gasteiger partial charge is 0.314 e. The molecule has 0 spiro atoms. The minimum atomic E-state index is 0. The topological polar surface area (TPSA) is 89.7 Å². The van der Waals surface area contributed by atoms with Crippen LogP contribution in [0.1, 0.15) is 20.8 Å². The average Bonchev–Trinajstić information content (AvgIpc) is 2.48. The number of rotatable bonds is 1. The zero-order valence-electron chi connectivity index (χ0n) is 11.1. The summed E-state index contributed by atoms with van der Waals surface area (Å²) in [5.41, 5.74) is 0. The van der Waals surface area contributed by atoms with Gasteiger partial charge in [-0.3, -0.25) is 0 Å². The van der Waals surface area contributed by atoms with E-state index in [2.05, 4.69) is 18.7 Å². The summed E-state index contributed by atoms with van der Waals surface area (Å²) in [4.78, 5) is 43.3. The fourth-order valence-corrected chi connectivity index (χ4v) is 0.149. The molecule has 0 fully saturated rings. The second kappa shape index (κ2) is 107. The van der Waals surface area contributed by atoms with Gasteiger partial charge >= 0.3 is 0 Å². The van der Waals surface area contributed by atoms with Gasteiger partial charge in [-0.05, 0) is 0 Å². The second-order valence-corrected chi connectivity index (χ2v) is 2.11. The molecule has 106 valence electrons. The van der Waals surface area contributed by atoms with Crippen molar-refractivity contribution in [1.82, 2.24) is 0 Å². The Morgan fingerprint density at radius 2 is 0.889 bits per heavy atom. The fourth-order valence-electron chi connectivity index (χ4n) is 0.149. The minimum Gasteiger partial charge on any atom is -0.314 e. The van der Waals surface area contributed by atoms with Crippen LogP contribution in [0, 0.1) is 12.5 Å². The number of hydrogen-bond acceptors (Lipinski definition) is 5. The third kappa shape index (κ3) is 130. The zero-order valence-corrected chi connectivity index (χ0v) is 14.0. The van der Waals surface area contributed by atoms with Crippen LogP contribution in [0.4, 0.5) is 0 Å². The summed E-state index contributed by atoms with van der Waals surface area (Å²) < 4.78 is 0. The van der Waals surface area contributed by atoms with E-state index in [4.69, 9.17) is 30.5 Å². The van der Waals surface area contributed by atoms with Crippen molar-refractivity contribution in [3.05, 3.63) is 11.4 Å². The molecular weight excluding hydrogens is 410 g/mol. The molecule has 0 aromatic heterocycles. The van der Waals surface area contributed by atoms with Crippen LogP contribution >= 0.6 is 0 Å². The molecule has 0 N–H and O–H groups in total. The van der Waals surface area contributed by atoms with E-state index in [1.807, 2.05) is 40.9 Å². The van der Waals surface area contributed by atoms with Crippen LogP contribution < -0.4 is 0 Å². The van der Waals surface area contributed by atoms with E-state index in [0.717, 1.165) is 0 Å². The number of carbonyl (C=O) groups excluding carboxylic acids is 5. The molecule has 0 rings (SSSR count). The number of hydrogen-bond donors (Lipinski definition) is 0. The Morgan fingerprint density at radius 3 is 0.889 bits per heavy atom. The van der Waals surface area contributed by atoms with Crippen LogP contribution in [0.25, 0.3) is 4.85 Å². The Kier molecular flexibility index (Phi) is 262. The van der Waals surface area contributed by atoms with E-state index in [9.17, 15) is 0 Å². The van der Waals surface area contributed by atoms with Crippen molar-refractivity contribution in [3.63, 3.8) is 0 Å². The van der Waals surface area contributed by atoms with Gasteiger partial charge in [0.2, 0.25) is 6.04 Å². The van der Waals surface area contributed by atoms with E-state index >= 15 is 0 Å². The first-order valence-electron chi connectivity index (χ1n) is 3.99. The summed E-state index contributed by atoms with van der Waals surface area (Å²) in [7, 11) is 0. The molecule has 0 aliphatic rings. The van der Waals surface area contributed by atoms with E-state index in [-0.39, 0.29) is 27.1 Å². The van der Waals surface area contributed by atoms with Gasteiger partial charge < -0.3 is 28.8 Å². The third-order valence-corrected chi connectivity index (χ3v) is 1.17. The first-order chi connectivity index (χ1) is 8.18. The molecule has 0 aliphatic heterocycles. The van der Waals surface area contributed by atoms with Crippen LogP contribution in [-0.2, 0) is 45.0 Å². The third-order valence-electron chi connectivity index (χ3n) is 1.17. The average molecular weight is 431 g/mol. The molecule has 0 aromatic carbocycles. The molecule has 18 heavy (non-hydrogen) atoms. The van der Waals surface area contributed by atoms with Gasteiger partial charge in [-0.2, -0.15) is 0 Å². The summed E-state index contributed by atoms with van der Waals surface area (Å²) in [5, 5.41) is 0. The van der Waals surface area contributed by atoms with Gasteiger partial charge in [0.15, 0.2) is 0 Å². The maximum atomic E-state index is 8.00. The Balaban J connectivity index is -0.0000000189. The van der Waals surface area contributed by atoms with Crippen molar-refractivity contribution in [2.24, 2.45) is 5.92 Å². The molecule has 0 amide bonds. The van der Waals surface area contributed by atoms with Crippen LogP contribution in [0.3, 0.4) is 0 Å². The first-order valence-corrected chi connectivity index (χ1v) is 3.99. The van der Waals surface area contributed by atoms with Crippen LogP contribution in [0.15, 0.2) is 0 Å². The molecule has 0 saturated carbocycles. The van der Waals surface area contributed by atoms with Gasteiger partial charge in [0.25, 0.3) is 0 Å². The Bertz CT molecular complexity index is 141. The zero-order chi connectivity index (χ0) is 15.9. The summed E-state index contributed by atoms with van der Waals surface area (Å²) >= 11 is 0. The van der Waals surface area contributed by atoms with Gasteiger partial charge in [-0.25, -0.2) is 6.57 Å². The van der Waals surface area contributed by atoms with E-state index < -0.39 is 0 Å². The van der Waals surface area contributed by atoms with Crippen molar-refractivity contribution in [2.45, 2.75) is 26.8 Å². The van der Waals surface area contributed by atoms with Gasteiger partial charge in [0.1, 0.15) is 33.9 Å². The SMILES string of the molecule is C=O.C=O.C=O.C=O.C=O.[C-]#[N+]C(C)C(C)C.[W]. The maximum Gasteiger partial charge on any atom is 0.223 e. The Morgan fingerprint density at radius 1 is 0.722 bits per heavy atom. The molecule has 7 heteroatoms. The molecule has 1 atom stereocenters. The van der Waals surface area contributed by atoms with Crippen LogP contribution in [0.5, 0.6) is 0 Å². The molecule has 6 nitrogen and oxygen atoms in total. The summed E-state index contributed by atoms with van der Waals surface area (Å²) in [5.74, 6) is 0.512. The van der Waals surface area contributed by atoms with Gasteiger partial charge in [-0.1, -0.05) is 13.8 Å². The fraction of sp³-hybridized carbons (Fsp3) is 0.455. The summed E-state index contributed by atoms with van der Waals surface area (Å²) in [6.45, 7) is 22.6. The quantitative estimate of drug-likeness (QED) is 0.579. The monoisotopic (exact) mass is 431 g/mol. The standard InChI is InChI=1S/C6H11N.5CH2O.W/c1-5(2)6(3)7-4;5*1-2;/h5-6H,1-3H3;5*1H2;. The van der Waals surface area contributed by atoms with Gasteiger partial charge in [0, 0.05) is 33.9 Å². The molecule has 0 bridgehead atoms. The predicted octanol–water partition coefficient (Wildman–Crippen LogP) is 1.02. The number of carbonyl (C=O) groups is 5. The molecular formula is C11H21NO5W. The van der Waals surface area contributed by atoms with E-state index in [1.54, 1.807) is 0 Å². The van der Waals surface area contributed by atoms with Crippen LogP contribution in [-0.4, -0.2) is 40.0 Å². The molecule has 0 aliphatic carbocycles. The van der Waals surface area contributed by atoms with Crippen molar-refractivity contribution in [3.8, 4) is 0 Å². The maximum absolute atomic E-state index is 8.00. The minimum absolute atomic E-state index is 0. The molecule has 1 unspecified atom stereocenters. The molecule has 0 aromatic rings. The number of nitrogens with zero attached hydrogens (tertiary/aromatic N) is 1. The normalized spacial score (nSPS) is 6.39. The van der Waals surface area contributed by atoms with Crippen molar-refractivity contribution in [1.29, 1.82) is 0 Å². The van der Waals surface area contributed by atoms with Crippen molar-refractivity contribution < 1.29 is 45.0 Å². The summed E-state index contributed by atoms with van der Waals surface area (Å²) in [6, 6.07) is 0.194. The second-order valence-electron chi connectivity index (χ2n) is 2.11. The van der Waals surface area contributed by atoms with Crippen LogP contribution in [0.2, 0.25) is 0 Å². The summed E-state index contributed by atoms with van der Waals surface area (Å²) in [6.07, 6.45) is 0. The Labute approximate surface area is 123 Å². The van der Waals surface area contributed by atoms with Crippen molar-refractivity contribution in [2.75, 3.05) is 0 Å². The smallest absolute Gasteiger partial charge is 0.223 e. The van der Waals surface area contributed by atoms with E-state index in [1.165, 1.54) is 0 Å². The first kappa shape index (κ1) is 43.9. The van der Waals surface area contributed by atoms with Crippen molar-refractivity contribution >= 4 is 33.9 Å². The van der Waals surface area contributed by atoms with Gasteiger partial charge in [-0.15, -0.1) is 0 Å². The molecule has 0 radical (unpaired) electrons. The molecule has 0 heterocycles. The van der Waals surface area contributed by atoms with E-state index in [0.29, 0.717) is 5.92 Å². The molecule has 0 saturated heterocycles. The van der Waals surface area contributed by atoms with Gasteiger partial charge in [0.05, 0.1) is 0 Å².